The summed E-state index contributed by atoms with van der Waals surface area (Å²) in [5.74, 6) is 1.11. The highest BCUT2D eigenvalue weighted by atomic mass is 32.1. The Morgan fingerprint density at radius 2 is 1.58 bits per heavy atom. The van der Waals surface area contributed by atoms with Gasteiger partial charge in [0.25, 0.3) is 0 Å². The topological polar surface area (TPSA) is 12.5 Å². The number of likely N-dealkylation sites (N-methyl/N-ethyl adjacent to an activating group) is 1. The molecule has 0 saturated carbocycles. The van der Waals surface area contributed by atoms with Crippen LogP contribution in [-0.2, 0) is 6.42 Å². The summed E-state index contributed by atoms with van der Waals surface area (Å²) < 4.78 is 6.22. The van der Waals surface area contributed by atoms with Crippen molar-refractivity contribution in [3.05, 3.63) is 87.6 Å². The first-order valence-electron chi connectivity index (χ1n) is 9.11. The number of hydrogen-bond acceptors (Lipinski definition) is 3. The maximum Gasteiger partial charge on any atom is 0.136 e. The number of benzene rings is 2. The molecule has 1 aromatic heterocycles. The lowest BCUT2D eigenvalue weighted by molar-refractivity contribution is 0.0404. The van der Waals surface area contributed by atoms with E-state index in [4.69, 9.17) is 4.74 Å². The fraction of sp³-hybridized carbons (Fsp3) is 0.304. The van der Waals surface area contributed by atoms with Gasteiger partial charge in [0, 0.05) is 16.9 Å². The molecule has 2 nitrogen and oxygen atoms in total. The fourth-order valence-corrected chi connectivity index (χ4v) is 5.02. The lowest BCUT2D eigenvalue weighted by Gasteiger charge is -2.45. The zero-order valence-corrected chi connectivity index (χ0v) is 16.4. The molecular formula is C23H25NOS. The minimum atomic E-state index is -0.0549. The van der Waals surface area contributed by atoms with Crippen LogP contribution in [-0.4, -0.2) is 24.1 Å². The molecule has 1 aliphatic rings. The van der Waals surface area contributed by atoms with E-state index in [-0.39, 0.29) is 11.6 Å². The van der Waals surface area contributed by atoms with Gasteiger partial charge in [-0.15, -0.1) is 11.3 Å². The van der Waals surface area contributed by atoms with Crippen LogP contribution in [0.25, 0.3) is 0 Å². The zero-order chi connectivity index (χ0) is 18.1. The van der Waals surface area contributed by atoms with Gasteiger partial charge in [-0.05, 0) is 37.4 Å². The number of thiophene rings is 1. The quantitative estimate of drug-likeness (QED) is 0.609. The molecule has 2 heterocycles. The van der Waals surface area contributed by atoms with Gasteiger partial charge in [0.2, 0.25) is 0 Å². The number of nitrogens with zero attached hydrogens (tertiary/aromatic N) is 1. The van der Waals surface area contributed by atoms with Gasteiger partial charge < -0.3 is 4.74 Å². The highest BCUT2D eigenvalue weighted by molar-refractivity contribution is 7.10. The Kier molecular flexibility index (Phi) is 4.60. The highest BCUT2D eigenvalue weighted by Gasteiger charge is 2.40. The molecule has 1 atom stereocenters. The predicted molar refractivity (Wildman–Crippen MR) is 109 cm³/mol. The minimum absolute atomic E-state index is 0.0549. The third-order valence-electron chi connectivity index (χ3n) is 5.53. The van der Waals surface area contributed by atoms with Crippen LogP contribution in [0.2, 0.25) is 0 Å². The number of fused-ring (bicyclic) bond motifs is 1. The molecule has 3 aromatic rings. The molecule has 0 amide bonds. The predicted octanol–water partition coefficient (Wildman–Crippen LogP) is 5.47. The Hall–Kier alpha value is -2.10. The molecule has 0 fully saturated rings. The van der Waals surface area contributed by atoms with E-state index in [1.54, 1.807) is 0 Å². The van der Waals surface area contributed by atoms with Gasteiger partial charge in [0.15, 0.2) is 0 Å². The first-order valence-corrected chi connectivity index (χ1v) is 9.99. The van der Waals surface area contributed by atoms with Crippen LogP contribution in [0.1, 0.15) is 34.5 Å². The monoisotopic (exact) mass is 363 g/mol. The Morgan fingerprint density at radius 1 is 1.00 bits per heavy atom. The molecule has 0 aliphatic carbocycles. The van der Waals surface area contributed by atoms with Crippen molar-refractivity contribution in [3.63, 3.8) is 0 Å². The molecule has 4 rings (SSSR count). The van der Waals surface area contributed by atoms with E-state index in [0.29, 0.717) is 6.61 Å². The van der Waals surface area contributed by atoms with Gasteiger partial charge in [0.1, 0.15) is 12.4 Å². The Balaban J connectivity index is 1.72. The van der Waals surface area contributed by atoms with Crippen molar-refractivity contribution in [1.29, 1.82) is 0 Å². The Labute approximate surface area is 160 Å². The van der Waals surface area contributed by atoms with Crippen molar-refractivity contribution >= 4 is 11.3 Å². The van der Waals surface area contributed by atoms with Gasteiger partial charge in [0.05, 0.1) is 11.6 Å². The van der Waals surface area contributed by atoms with Crippen LogP contribution in [0, 0.1) is 6.92 Å². The van der Waals surface area contributed by atoms with Crippen LogP contribution in [0.3, 0.4) is 0 Å². The van der Waals surface area contributed by atoms with E-state index in [1.807, 2.05) is 11.3 Å². The molecule has 0 radical (unpaired) electrons. The average molecular weight is 364 g/mol. The Morgan fingerprint density at radius 3 is 2.15 bits per heavy atom. The summed E-state index contributed by atoms with van der Waals surface area (Å²) in [5.41, 5.74) is 3.84. The molecule has 0 spiro atoms. The largest absolute Gasteiger partial charge is 0.490 e. The maximum atomic E-state index is 6.22. The summed E-state index contributed by atoms with van der Waals surface area (Å²) in [5, 5.41) is 2.21. The second-order valence-electron chi connectivity index (χ2n) is 7.47. The third-order valence-corrected chi connectivity index (χ3v) is 6.61. The summed E-state index contributed by atoms with van der Waals surface area (Å²) in [4.78, 5) is 3.86. The molecule has 134 valence electrons. The summed E-state index contributed by atoms with van der Waals surface area (Å²) in [6.07, 6.45) is 1.02. The summed E-state index contributed by atoms with van der Waals surface area (Å²) in [6, 6.07) is 21.8. The maximum absolute atomic E-state index is 6.22. The van der Waals surface area contributed by atoms with Crippen LogP contribution in [0.4, 0.5) is 0 Å². The van der Waals surface area contributed by atoms with Crippen molar-refractivity contribution in [1.82, 2.24) is 4.90 Å². The SMILES string of the molecule is Cc1csc2c1OCC(C)(N(C)C(c1ccccc1)c1ccccc1)C2. The third kappa shape index (κ3) is 3.06. The summed E-state index contributed by atoms with van der Waals surface area (Å²) in [6.45, 7) is 5.17. The standard InChI is InChI=1S/C23H25NOS/c1-17-15-26-20-14-23(2,16-25-22(17)20)24(3)21(18-10-6-4-7-11-18)19-12-8-5-9-13-19/h4-13,15,21H,14,16H2,1-3H3. The van der Waals surface area contributed by atoms with Crippen molar-refractivity contribution in [2.75, 3.05) is 13.7 Å². The van der Waals surface area contributed by atoms with Crippen molar-refractivity contribution in [2.24, 2.45) is 0 Å². The Bertz CT molecular complexity index is 834. The van der Waals surface area contributed by atoms with E-state index in [0.717, 1.165) is 12.2 Å². The number of aryl methyl sites for hydroxylation is 1. The van der Waals surface area contributed by atoms with Crippen molar-refractivity contribution in [3.8, 4) is 5.75 Å². The molecule has 3 heteroatoms. The van der Waals surface area contributed by atoms with Gasteiger partial charge in [-0.1, -0.05) is 60.7 Å². The number of rotatable bonds is 4. The average Bonchev–Trinajstić information content (AvgIpc) is 3.03. The van der Waals surface area contributed by atoms with Crippen LogP contribution >= 0.6 is 11.3 Å². The smallest absolute Gasteiger partial charge is 0.136 e. The molecule has 26 heavy (non-hydrogen) atoms. The number of ether oxygens (including phenoxy) is 1. The zero-order valence-electron chi connectivity index (χ0n) is 15.6. The second-order valence-corrected chi connectivity index (χ2v) is 8.43. The number of hydrogen-bond donors (Lipinski definition) is 0. The van der Waals surface area contributed by atoms with Crippen LogP contribution in [0.15, 0.2) is 66.0 Å². The van der Waals surface area contributed by atoms with Gasteiger partial charge in [-0.2, -0.15) is 0 Å². The molecule has 0 saturated heterocycles. The molecule has 0 bridgehead atoms. The molecule has 0 N–H and O–H groups in total. The van der Waals surface area contributed by atoms with Gasteiger partial charge in [-0.3, -0.25) is 4.90 Å². The molecular weight excluding hydrogens is 338 g/mol. The lowest BCUT2D eigenvalue weighted by Crippen LogP contribution is -2.53. The van der Waals surface area contributed by atoms with E-state index >= 15 is 0 Å². The molecule has 1 unspecified atom stereocenters. The first kappa shape index (κ1) is 17.3. The fourth-order valence-electron chi connectivity index (χ4n) is 3.88. The normalized spacial score (nSPS) is 19.4. The van der Waals surface area contributed by atoms with E-state index in [1.165, 1.54) is 21.6 Å². The molecule has 1 aliphatic heterocycles. The summed E-state index contributed by atoms with van der Waals surface area (Å²) >= 11 is 1.82. The molecule has 2 aromatic carbocycles. The summed E-state index contributed by atoms with van der Waals surface area (Å²) in [7, 11) is 2.24. The highest BCUT2D eigenvalue weighted by Crippen LogP contribution is 2.42. The first-order chi connectivity index (χ1) is 12.6. The van der Waals surface area contributed by atoms with Gasteiger partial charge in [-0.25, -0.2) is 0 Å². The minimum Gasteiger partial charge on any atom is -0.490 e. The van der Waals surface area contributed by atoms with Gasteiger partial charge >= 0.3 is 0 Å². The van der Waals surface area contributed by atoms with E-state index in [2.05, 4.69) is 91.8 Å². The van der Waals surface area contributed by atoms with Crippen LogP contribution in [0.5, 0.6) is 5.75 Å². The van der Waals surface area contributed by atoms with E-state index in [9.17, 15) is 0 Å². The van der Waals surface area contributed by atoms with Crippen LogP contribution < -0.4 is 4.74 Å². The van der Waals surface area contributed by atoms with Crippen molar-refractivity contribution in [2.45, 2.75) is 31.8 Å². The second kappa shape index (κ2) is 6.90. The van der Waals surface area contributed by atoms with Crippen molar-refractivity contribution < 1.29 is 4.74 Å². The van der Waals surface area contributed by atoms with E-state index < -0.39 is 0 Å². The lowest BCUT2D eigenvalue weighted by atomic mass is 9.88.